The van der Waals surface area contributed by atoms with Crippen LogP contribution < -0.4 is 10.6 Å². The van der Waals surface area contributed by atoms with E-state index in [-0.39, 0.29) is 13.2 Å². The van der Waals surface area contributed by atoms with Crippen LogP contribution in [0.4, 0.5) is 23.7 Å². The second-order valence-electron chi connectivity index (χ2n) is 4.51. The average molecular weight is 310 g/mol. The van der Waals surface area contributed by atoms with Crippen LogP contribution in [0.25, 0.3) is 0 Å². The first-order valence-electron chi connectivity index (χ1n) is 6.38. The molecule has 4 nitrogen and oxygen atoms in total. The molecule has 0 heterocycles. The van der Waals surface area contributed by atoms with E-state index in [0.29, 0.717) is 0 Å². The van der Waals surface area contributed by atoms with Crippen molar-refractivity contribution in [3.63, 3.8) is 0 Å². The van der Waals surface area contributed by atoms with Crippen LogP contribution in [0.5, 0.6) is 0 Å². The lowest BCUT2D eigenvalue weighted by atomic mass is 10.1. The maximum absolute atomic E-state index is 13.4. The number of anilines is 1. The molecule has 0 aliphatic rings. The molecule has 0 aromatic heterocycles. The zero-order chi connectivity index (χ0) is 16.1. The van der Waals surface area contributed by atoms with Gasteiger partial charge in [0.15, 0.2) is 17.5 Å². The SMILES string of the molecule is O=C(NCc1ccc(CO)cc1)Nc1ccc(F)c(F)c1F. The minimum Gasteiger partial charge on any atom is -0.392 e. The number of aliphatic hydroxyl groups is 1. The lowest BCUT2D eigenvalue weighted by molar-refractivity contribution is 0.251. The fourth-order valence-corrected chi connectivity index (χ4v) is 1.73. The molecule has 7 heteroatoms. The van der Waals surface area contributed by atoms with E-state index >= 15 is 0 Å². The van der Waals surface area contributed by atoms with Crippen LogP contribution in [0.2, 0.25) is 0 Å². The van der Waals surface area contributed by atoms with Crippen molar-refractivity contribution in [1.82, 2.24) is 5.32 Å². The molecule has 0 aliphatic heterocycles. The van der Waals surface area contributed by atoms with Crippen molar-refractivity contribution in [3.8, 4) is 0 Å². The Morgan fingerprint density at radius 1 is 0.955 bits per heavy atom. The molecule has 2 rings (SSSR count). The van der Waals surface area contributed by atoms with E-state index in [1.807, 2.05) is 0 Å². The van der Waals surface area contributed by atoms with Crippen LogP contribution in [0.15, 0.2) is 36.4 Å². The van der Waals surface area contributed by atoms with Crippen LogP contribution in [0, 0.1) is 17.5 Å². The van der Waals surface area contributed by atoms with Crippen LogP contribution in [0.3, 0.4) is 0 Å². The monoisotopic (exact) mass is 310 g/mol. The molecule has 0 aliphatic carbocycles. The molecule has 0 radical (unpaired) electrons. The lowest BCUT2D eigenvalue weighted by Gasteiger charge is -2.09. The maximum Gasteiger partial charge on any atom is 0.319 e. The Morgan fingerprint density at radius 2 is 1.59 bits per heavy atom. The Morgan fingerprint density at radius 3 is 2.23 bits per heavy atom. The molecule has 0 spiro atoms. The van der Waals surface area contributed by atoms with Gasteiger partial charge in [0.25, 0.3) is 0 Å². The Hall–Kier alpha value is -2.54. The number of aliphatic hydroxyl groups excluding tert-OH is 1. The number of nitrogens with one attached hydrogen (secondary N) is 2. The third-order valence-electron chi connectivity index (χ3n) is 2.94. The number of amides is 2. The summed E-state index contributed by atoms with van der Waals surface area (Å²) in [6, 6.07) is 7.73. The first kappa shape index (κ1) is 15.8. The zero-order valence-electron chi connectivity index (χ0n) is 11.4. The van der Waals surface area contributed by atoms with E-state index < -0.39 is 29.2 Å². The number of rotatable bonds is 4. The zero-order valence-corrected chi connectivity index (χ0v) is 11.4. The first-order chi connectivity index (χ1) is 10.5. The van der Waals surface area contributed by atoms with Gasteiger partial charge in [-0.2, -0.15) is 0 Å². The van der Waals surface area contributed by atoms with Gasteiger partial charge in [0.1, 0.15) is 0 Å². The van der Waals surface area contributed by atoms with Crippen molar-refractivity contribution in [2.75, 3.05) is 5.32 Å². The predicted octanol–water partition coefficient (Wildman–Crippen LogP) is 2.92. The third-order valence-corrected chi connectivity index (χ3v) is 2.94. The van der Waals surface area contributed by atoms with Crippen molar-refractivity contribution in [2.24, 2.45) is 0 Å². The molecule has 0 bridgehead atoms. The molecule has 2 amide bonds. The second kappa shape index (κ2) is 6.95. The molecule has 0 fully saturated rings. The Balaban J connectivity index is 1.94. The van der Waals surface area contributed by atoms with Gasteiger partial charge in [-0.1, -0.05) is 24.3 Å². The smallest absolute Gasteiger partial charge is 0.319 e. The summed E-state index contributed by atoms with van der Waals surface area (Å²) in [4.78, 5) is 11.6. The summed E-state index contributed by atoms with van der Waals surface area (Å²) < 4.78 is 39.2. The maximum atomic E-state index is 13.4. The summed E-state index contributed by atoms with van der Waals surface area (Å²) in [5.41, 5.74) is 1.04. The van der Waals surface area contributed by atoms with Crippen LogP contribution in [-0.2, 0) is 13.2 Å². The lowest BCUT2D eigenvalue weighted by Crippen LogP contribution is -2.28. The fraction of sp³-hybridized carbons (Fsp3) is 0.133. The highest BCUT2D eigenvalue weighted by Crippen LogP contribution is 2.19. The minimum atomic E-state index is -1.64. The van der Waals surface area contributed by atoms with Crippen molar-refractivity contribution >= 4 is 11.7 Å². The molecular weight excluding hydrogens is 297 g/mol. The van der Waals surface area contributed by atoms with Crippen molar-refractivity contribution in [3.05, 3.63) is 65.0 Å². The predicted molar refractivity (Wildman–Crippen MR) is 74.5 cm³/mol. The van der Waals surface area contributed by atoms with Gasteiger partial charge in [-0.3, -0.25) is 0 Å². The number of urea groups is 1. The number of benzene rings is 2. The second-order valence-corrected chi connectivity index (χ2v) is 4.51. The van der Waals surface area contributed by atoms with Gasteiger partial charge in [0, 0.05) is 6.54 Å². The molecule has 0 atom stereocenters. The standard InChI is InChI=1S/C15H13F3N2O2/c16-11-5-6-12(14(18)13(11)17)20-15(22)19-7-9-1-3-10(8-21)4-2-9/h1-6,21H,7-8H2,(H2,19,20,22). The molecular formula is C15H13F3N2O2. The number of halogens is 3. The van der Waals surface area contributed by atoms with E-state index in [1.165, 1.54) is 0 Å². The molecule has 0 saturated heterocycles. The number of hydrogen-bond donors (Lipinski definition) is 3. The van der Waals surface area contributed by atoms with Gasteiger partial charge in [0.2, 0.25) is 0 Å². The number of carbonyl (C=O) groups is 1. The topological polar surface area (TPSA) is 61.4 Å². The van der Waals surface area contributed by atoms with Crippen molar-refractivity contribution in [1.29, 1.82) is 0 Å². The number of hydrogen-bond acceptors (Lipinski definition) is 2. The molecule has 2 aromatic carbocycles. The summed E-state index contributed by atoms with van der Waals surface area (Å²) in [5.74, 6) is -4.42. The quantitative estimate of drug-likeness (QED) is 0.760. The van der Waals surface area contributed by atoms with Gasteiger partial charge in [-0.05, 0) is 23.3 Å². The van der Waals surface area contributed by atoms with E-state index in [4.69, 9.17) is 5.11 Å². The normalized spacial score (nSPS) is 10.4. The van der Waals surface area contributed by atoms with Gasteiger partial charge in [-0.15, -0.1) is 0 Å². The summed E-state index contributed by atoms with van der Waals surface area (Å²) >= 11 is 0. The minimum absolute atomic E-state index is 0.0798. The van der Waals surface area contributed by atoms with Gasteiger partial charge in [-0.25, -0.2) is 18.0 Å². The van der Waals surface area contributed by atoms with E-state index in [0.717, 1.165) is 23.3 Å². The van der Waals surface area contributed by atoms with E-state index in [1.54, 1.807) is 24.3 Å². The summed E-state index contributed by atoms with van der Waals surface area (Å²) in [7, 11) is 0. The molecule has 3 N–H and O–H groups in total. The van der Waals surface area contributed by atoms with Crippen LogP contribution in [-0.4, -0.2) is 11.1 Å². The fourth-order valence-electron chi connectivity index (χ4n) is 1.73. The third kappa shape index (κ3) is 3.76. The van der Waals surface area contributed by atoms with Crippen molar-refractivity contribution in [2.45, 2.75) is 13.2 Å². The van der Waals surface area contributed by atoms with E-state index in [2.05, 4.69) is 10.6 Å². The molecule has 0 unspecified atom stereocenters. The highest BCUT2D eigenvalue weighted by atomic mass is 19.2. The van der Waals surface area contributed by atoms with Gasteiger partial charge >= 0.3 is 6.03 Å². The Kier molecular flexibility index (Phi) is 5.00. The summed E-state index contributed by atoms with van der Waals surface area (Å²) in [5, 5.41) is 13.5. The molecule has 116 valence electrons. The Bertz CT molecular complexity index is 675. The van der Waals surface area contributed by atoms with Crippen LogP contribution >= 0.6 is 0 Å². The Labute approximate surface area is 124 Å². The van der Waals surface area contributed by atoms with Crippen LogP contribution in [0.1, 0.15) is 11.1 Å². The molecule has 0 saturated carbocycles. The average Bonchev–Trinajstić information content (AvgIpc) is 2.54. The van der Waals surface area contributed by atoms with Gasteiger partial charge in [0.05, 0.1) is 12.3 Å². The summed E-state index contributed by atoms with van der Waals surface area (Å²) in [6.07, 6.45) is 0. The molecule has 22 heavy (non-hydrogen) atoms. The first-order valence-corrected chi connectivity index (χ1v) is 6.38. The number of carbonyl (C=O) groups excluding carboxylic acids is 1. The van der Waals surface area contributed by atoms with E-state index in [9.17, 15) is 18.0 Å². The highest BCUT2D eigenvalue weighted by Gasteiger charge is 2.14. The summed E-state index contributed by atoms with van der Waals surface area (Å²) in [6.45, 7) is 0.0758. The molecule has 2 aromatic rings. The highest BCUT2D eigenvalue weighted by molar-refractivity contribution is 5.89. The van der Waals surface area contributed by atoms with Crippen molar-refractivity contribution < 1.29 is 23.1 Å². The largest absolute Gasteiger partial charge is 0.392 e. The van der Waals surface area contributed by atoms with Gasteiger partial charge < -0.3 is 15.7 Å².